The second-order valence-electron chi connectivity index (χ2n) is 11.2. The number of hydrogen-bond acceptors (Lipinski definition) is 5. The van der Waals surface area contributed by atoms with E-state index in [1.807, 2.05) is 42.5 Å². The van der Waals surface area contributed by atoms with Gasteiger partial charge in [-0.15, -0.1) is 0 Å². The summed E-state index contributed by atoms with van der Waals surface area (Å²) >= 11 is 6.11. The summed E-state index contributed by atoms with van der Waals surface area (Å²) in [6, 6.07) is 21.5. The second kappa shape index (κ2) is 14.3. The average molecular weight is 577 g/mol. The minimum absolute atomic E-state index is 0.00125. The molecule has 2 heterocycles. The van der Waals surface area contributed by atoms with Crippen LogP contribution < -0.4 is 10.6 Å². The van der Waals surface area contributed by atoms with E-state index in [0.717, 1.165) is 62.9 Å². The maximum Gasteiger partial charge on any atom is 0.251 e. The third-order valence-corrected chi connectivity index (χ3v) is 8.64. The zero-order valence-electron chi connectivity index (χ0n) is 23.9. The number of nitrogens with one attached hydrogen (secondary N) is 2. The Balaban J connectivity index is 1.26. The molecule has 7 nitrogen and oxygen atoms in total. The van der Waals surface area contributed by atoms with Gasteiger partial charge in [-0.25, -0.2) is 0 Å². The minimum atomic E-state index is -0.291. The lowest BCUT2D eigenvalue weighted by Crippen LogP contribution is -2.50. The molecular formula is C33H41ClN4O3. The summed E-state index contributed by atoms with van der Waals surface area (Å²) in [5.41, 5.74) is 1.88. The second-order valence-corrected chi connectivity index (χ2v) is 11.6. The molecule has 5 rings (SSSR count). The summed E-state index contributed by atoms with van der Waals surface area (Å²) in [7, 11) is 0. The van der Waals surface area contributed by atoms with Crippen molar-refractivity contribution in [1.29, 1.82) is 0 Å². The van der Waals surface area contributed by atoms with Crippen LogP contribution in [0.25, 0.3) is 10.8 Å². The number of rotatable bonds is 10. The number of amides is 2. The first-order valence-corrected chi connectivity index (χ1v) is 15.3. The van der Waals surface area contributed by atoms with Gasteiger partial charge in [0.15, 0.2) is 0 Å². The van der Waals surface area contributed by atoms with Crippen molar-refractivity contribution < 1.29 is 14.3 Å². The van der Waals surface area contributed by atoms with E-state index in [9.17, 15) is 9.59 Å². The van der Waals surface area contributed by atoms with Crippen LogP contribution in [0.15, 0.2) is 66.7 Å². The van der Waals surface area contributed by atoms with Crippen LogP contribution in [-0.4, -0.2) is 86.2 Å². The Morgan fingerprint density at radius 3 is 2.59 bits per heavy atom. The number of nitrogens with zero attached hydrogens (tertiary/aromatic N) is 2. The molecule has 3 aromatic rings. The molecule has 0 bridgehead atoms. The fourth-order valence-corrected chi connectivity index (χ4v) is 6.08. The number of halogens is 1. The topological polar surface area (TPSA) is 73.9 Å². The molecule has 0 unspecified atom stereocenters. The van der Waals surface area contributed by atoms with Crippen molar-refractivity contribution in [2.75, 3.05) is 52.5 Å². The highest BCUT2D eigenvalue weighted by Crippen LogP contribution is 2.23. The molecule has 2 aliphatic rings. The molecule has 0 aromatic heterocycles. The van der Waals surface area contributed by atoms with Crippen molar-refractivity contribution in [2.24, 2.45) is 0 Å². The summed E-state index contributed by atoms with van der Waals surface area (Å²) in [4.78, 5) is 31.4. The molecule has 8 heteroatoms. The van der Waals surface area contributed by atoms with Crippen molar-refractivity contribution in [2.45, 2.75) is 44.2 Å². The SMILES string of the molecule is CC[C@H](CN1CC[C@@H](CNC(=O)c2ccc3cc(Cl)ccc3c2)N[C@@H](CCN2CCOCC2)C1=O)c1ccccc1. The van der Waals surface area contributed by atoms with Crippen LogP contribution in [-0.2, 0) is 9.53 Å². The fraction of sp³-hybridized carbons (Fsp3) is 0.455. The van der Waals surface area contributed by atoms with E-state index in [1.165, 1.54) is 5.56 Å². The van der Waals surface area contributed by atoms with E-state index in [2.05, 4.69) is 51.6 Å². The molecule has 0 saturated carbocycles. The van der Waals surface area contributed by atoms with E-state index < -0.39 is 0 Å². The van der Waals surface area contributed by atoms with Crippen LogP contribution >= 0.6 is 11.6 Å². The van der Waals surface area contributed by atoms with Gasteiger partial charge < -0.3 is 20.3 Å². The lowest BCUT2D eigenvalue weighted by molar-refractivity contribution is -0.133. The van der Waals surface area contributed by atoms with E-state index in [0.29, 0.717) is 36.1 Å². The number of fused-ring (bicyclic) bond motifs is 1. The molecule has 3 aromatic carbocycles. The van der Waals surface area contributed by atoms with Crippen LogP contribution in [0.3, 0.4) is 0 Å². The Kier molecular flexibility index (Phi) is 10.3. The highest BCUT2D eigenvalue weighted by atomic mass is 35.5. The molecule has 2 amide bonds. The first-order chi connectivity index (χ1) is 20.0. The van der Waals surface area contributed by atoms with Crippen LogP contribution in [0.2, 0.25) is 5.02 Å². The number of ether oxygens (including phenoxy) is 1. The fourth-order valence-electron chi connectivity index (χ4n) is 5.90. The summed E-state index contributed by atoms with van der Waals surface area (Å²) in [6.07, 6.45) is 2.48. The molecule has 2 aliphatic heterocycles. The van der Waals surface area contributed by atoms with Gasteiger partial charge in [-0.3, -0.25) is 14.5 Å². The number of morpholine rings is 1. The minimum Gasteiger partial charge on any atom is -0.379 e. The number of carbonyl (C=O) groups excluding carboxylic acids is 2. The van der Waals surface area contributed by atoms with Gasteiger partial charge in [0, 0.05) is 61.8 Å². The van der Waals surface area contributed by atoms with Crippen LogP contribution in [0.1, 0.15) is 48.0 Å². The Morgan fingerprint density at radius 2 is 1.80 bits per heavy atom. The number of hydrogen-bond donors (Lipinski definition) is 2. The van der Waals surface area contributed by atoms with E-state index in [-0.39, 0.29) is 23.9 Å². The zero-order valence-corrected chi connectivity index (χ0v) is 24.6. The molecule has 0 aliphatic carbocycles. The molecule has 0 radical (unpaired) electrons. The van der Waals surface area contributed by atoms with Gasteiger partial charge in [-0.2, -0.15) is 0 Å². The summed E-state index contributed by atoms with van der Waals surface area (Å²) in [6.45, 7) is 8.14. The molecule has 2 N–H and O–H groups in total. The molecule has 218 valence electrons. The smallest absolute Gasteiger partial charge is 0.251 e. The predicted octanol–water partition coefficient (Wildman–Crippen LogP) is 4.70. The summed E-state index contributed by atoms with van der Waals surface area (Å²) in [5.74, 6) is 0.338. The van der Waals surface area contributed by atoms with Crippen molar-refractivity contribution in [3.8, 4) is 0 Å². The number of carbonyl (C=O) groups is 2. The lowest BCUT2D eigenvalue weighted by atomic mass is 9.95. The van der Waals surface area contributed by atoms with Gasteiger partial charge in [0.05, 0.1) is 19.3 Å². The highest BCUT2D eigenvalue weighted by Gasteiger charge is 2.32. The Labute approximate surface area is 248 Å². The standard InChI is InChI=1S/C33H41ClN4O3/c1-2-24(25-6-4-3-5-7-25)23-38-15-12-30(36-31(33(38)40)13-14-37-16-18-41-19-17-37)22-35-32(39)28-9-8-27-21-29(34)11-10-26(27)20-28/h3-11,20-21,24,30-31,36H,2,12-19,22-23H2,1H3,(H,35,39)/t24-,30+,31+/m1/s1. The lowest BCUT2D eigenvalue weighted by Gasteiger charge is -2.31. The quantitative estimate of drug-likeness (QED) is 0.366. The van der Waals surface area contributed by atoms with Gasteiger partial charge in [0.1, 0.15) is 0 Å². The maximum atomic E-state index is 13.9. The monoisotopic (exact) mass is 576 g/mol. The normalized spacial score (nSPS) is 21.0. The van der Waals surface area contributed by atoms with Gasteiger partial charge in [0.25, 0.3) is 5.91 Å². The van der Waals surface area contributed by atoms with Crippen LogP contribution in [0, 0.1) is 0 Å². The Bertz CT molecular complexity index is 1310. The Hall–Kier alpha value is -2.97. The largest absolute Gasteiger partial charge is 0.379 e. The van der Waals surface area contributed by atoms with Crippen LogP contribution in [0.4, 0.5) is 0 Å². The number of benzene rings is 3. The van der Waals surface area contributed by atoms with Crippen molar-refractivity contribution >= 4 is 34.2 Å². The van der Waals surface area contributed by atoms with Gasteiger partial charge in [-0.05, 0) is 59.9 Å². The molecule has 0 spiro atoms. The average Bonchev–Trinajstić information content (AvgIpc) is 3.16. The molecule has 2 saturated heterocycles. The third kappa shape index (κ3) is 7.86. The zero-order chi connectivity index (χ0) is 28.6. The van der Waals surface area contributed by atoms with Crippen molar-refractivity contribution in [3.05, 3.63) is 82.9 Å². The first-order valence-electron chi connectivity index (χ1n) is 14.9. The highest BCUT2D eigenvalue weighted by molar-refractivity contribution is 6.31. The van der Waals surface area contributed by atoms with E-state index in [1.54, 1.807) is 0 Å². The predicted molar refractivity (Wildman–Crippen MR) is 165 cm³/mol. The summed E-state index contributed by atoms with van der Waals surface area (Å²) < 4.78 is 5.51. The van der Waals surface area contributed by atoms with Crippen LogP contribution in [0.5, 0.6) is 0 Å². The van der Waals surface area contributed by atoms with Gasteiger partial charge in [0.2, 0.25) is 5.91 Å². The van der Waals surface area contributed by atoms with Crippen molar-refractivity contribution in [1.82, 2.24) is 20.4 Å². The Morgan fingerprint density at radius 1 is 1.05 bits per heavy atom. The van der Waals surface area contributed by atoms with E-state index in [4.69, 9.17) is 16.3 Å². The third-order valence-electron chi connectivity index (χ3n) is 8.41. The first kappa shape index (κ1) is 29.5. The van der Waals surface area contributed by atoms with Gasteiger partial charge in [-0.1, -0.05) is 61.0 Å². The van der Waals surface area contributed by atoms with Crippen molar-refractivity contribution in [3.63, 3.8) is 0 Å². The van der Waals surface area contributed by atoms with Gasteiger partial charge >= 0.3 is 0 Å². The molecule has 41 heavy (non-hydrogen) atoms. The molecular weight excluding hydrogens is 536 g/mol. The summed E-state index contributed by atoms with van der Waals surface area (Å²) in [5, 5.41) is 9.41. The molecule has 2 fully saturated rings. The maximum absolute atomic E-state index is 13.9. The van der Waals surface area contributed by atoms with E-state index >= 15 is 0 Å². The molecule has 3 atom stereocenters.